The van der Waals surface area contributed by atoms with Crippen molar-refractivity contribution in [2.75, 3.05) is 25.5 Å². The minimum Gasteiger partial charge on any atom is -0.469 e. The second kappa shape index (κ2) is 9.01. The zero-order valence-electron chi connectivity index (χ0n) is 15.9. The average Bonchev–Trinajstić information content (AvgIpc) is 2.75. The molecule has 2 aromatic carbocycles. The molecule has 1 heterocycles. The molecule has 0 radical (unpaired) electrons. The van der Waals surface area contributed by atoms with Gasteiger partial charge < -0.3 is 20.3 Å². The van der Waals surface area contributed by atoms with Crippen LogP contribution in [0.25, 0.3) is 0 Å². The highest BCUT2D eigenvalue weighted by Crippen LogP contribution is 2.17. The summed E-state index contributed by atoms with van der Waals surface area (Å²) in [5.41, 5.74) is 1.42. The largest absolute Gasteiger partial charge is 0.469 e. The smallest absolute Gasteiger partial charge is 0.308 e. The highest BCUT2D eigenvalue weighted by atomic mass is 16.5. The van der Waals surface area contributed by atoms with E-state index in [1.54, 1.807) is 48.5 Å². The van der Waals surface area contributed by atoms with E-state index >= 15 is 0 Å². The van der Waals surface area contributed by atoms with Gasteiger partial charge in [0.15, 0.2) is 0 Å². The SMILES string of the molecule is COC(=O)CC1C(=O)NCCN1C(=O)c1ccc(NC(=O)c2ccccc2)cc1. The van der Waals surface area contributed by atoms with E-state index in [0.29, 0.717) is 29.9 Å². The molecular weight excluding hydrogens is 374 g/mol. The van der Waals surface area contributed by atoms with Crippen LogP contribution in [0.3, 0.4) is 0 Å². The van der Waals surface area contributed by atoms with Crippen LogP contribution in [0.2, 0.25) is 0 Å². The van der Waals surface area contributed by atoms with Crippen LogP contribution >= 0.6 is 0 Å². The summed E-state index contributed by atoms with van der Waals surface area (Å²) in [7, 11) is 1.23. The number of amides is 3. The molecule has 3 rings (SSSR count). The van der Waals surface area contributed by atoms with Crippen LogP contribution in [0.4, 0.5) is 5.69 Å². The molecule has 0 spiro atoms. The van der Waals surface area contributed by atoms with Crippen LogP contribution in [0.1, 0.15) is 27.1 Å². The minimum atomic E-state index is -0.916. The van der Waals surface area contributed by atoms with Gasteiger partial charge in [0, 0.05) is 29.9 Å². The fourth-order valence-corrected chi connectivity index (χ4v) is 3.06. The lowest BCUT2D eigenvalue weighted by Gasteiger charge is -2.34. The van der Waals surface area contributed by atoms with Crippen LogP contribution in [-0.2, 0) is 14.3 Å². The highest BCUT2D eigenvalue weighted by Gasteiger charge is 2.35. The van der Waals surface area contributed by atoms with Crippen molar-refractivity contribution in [2.45, 2.75) is 12.5 Å². The van der Waals surface area contributed by atoms with Crippen LogP contribution in [0.5, 0.6) is 0 Å². The number of carbonyl (C=O) groups is 4. The summed E-state index contributed by atoms with van der Waals surface area (Å²) in [6, 6.07) is 14.3. The molecule has 1 atom stereocenters. The molecule has 1 aliphatic rings. The van der Waals surface area contributed by atoms with Crippen LogP contribution < -0.4 is 10.6 Å². The first-order valence-corrected chi connectivity index (χ1v) is 9.11. The molecule has 29 heavy (non-hydrogen) atoms. The lowest BCUT2D eigenvalue weighted by Crippen LogP contribution is -2.57. The second-order valence-electron chi connectivity index (χ2n) is 6.48. The maximum atomic E-state index is 12.9. The molecule has 8 heteroatoms. The molecule has 1 unspecified atom stereocenters. The van der Waals surface area contributed by atoms with E-state index in [4.69, 9.17) is 0 Å². The fourth-order valence-electron chi connectivity index (χ4n) is 3.06. The summed E-state index contributed by atoms with van der Waals surface area (Å²) in [5.74, 6) is -1.57. The van der Waals surface area contributed by atoms with Crippen molar-refractivity contribution < 1.29 is 23.9 Å². The third kappa shape index (κ3) is 4.78. The van der Waals surface area contributed by atoms with Crippen molar-refractivity contribution >= 4 is 29.4 Å². The molecule has 0 aromatic heterocycles. The molecule has 2 N–H and O–H groups in total. The van der Waals surface area contributed by atoms with Crippen LogP contribution in [0, 0.1) is 0 Å². The zero-order chi connectivity index (χ0) is 20.8. The summed E-state index contributed by atoms with van der Waals surface area (Å²) >= 11 is 0. The van der Waals surface area contributed by atoms with Crippen molar-refractivity contribution in [2.24, 2.45) is 0 Å². The monoisotopic (exact) mass is 395 g/mol. The summed E-state index contributed by atoms with van der Waals surface area (Å²) < 4.78 is 4.63. The second-order valence-corrected chi connectivity index (χ2v) is 6.48. The number of hydrogen-bond acceptors (Lipinski definition) is 5. The van der Waals surface area contributed by atoms with Crippen molar-refractivity contribution in [3.05, 3.63) is 65.7 Å². The Balaban J connectivity index is 1.71. The minimum absolute atomic E-state index is 0.209. The Morgan fingerprint density at radius 3 is 2.41 bits per heavy atom. The van der Waals surface area contributed by atoms with E-state index in [-0.39, 0.29) is 24.1 Å². The maximum Gasteiger partial charge on any atom is 0.308 e. The summed E-state index contributed by atoms with van der Waals surface area (Å²) in [6.07, 6.45) is -0.209. The maximum absolute atomic E-state index is 12.9. The standard InChI is InChI=1S/C21H21N3O5/c1-29-18(25)13-17-20(27)22-11-12-24(17)21(28)15-7-9-16(10-8-15)23-19(26)14-5-3-2-4-6-14/h2-10,17H,11-13H2,1H3,(H,22,27)(H,23,26). The Hall–Kier alpha value is -3.68. The number of methoxy groups -OCH3 is 1. The number of nitrogens with zero attached hydrogens (tertiary/aromatic N) is 1. The van der Waals surface area contributed by atoms with Gasteiger partial charge in [-0.15, -0.1) is 0 Å². The topological polar surface area (TPSA) is 105 Å². The van der Waals surface area contributed by atoms with E-state index in [9.17, 15) is 19.2 Å². The Kier molecular flexibility index (Phi) is 6.23. The number of rotatable bonds is 5. The summed E-state index contributed by atoms with van der Waals surface area (Å²) in [5, 5.41) is 5.42. The number of esters is 1. The lowest BCUT2D eigenvalue weighted by atomic mass is 10.1. The van der Waals surface area contributed by atoms with Gasteiger partial charge in [-0.05, 0) is 36.4 Å². The lowest BCUT2D eigenvalue weighted by molar-refractivity contribution is -0.145. The molecule has 0 saturated carbocycles. The van der Waals surface area contributed by atoms with Gasteiger partial charge in [0.05, 0.1) is 13.5 Å². The number of benzene rings is 2. The van der Waals surface area contributed by atoms with Gasteiger partial charge in [-0.3, -0.25) is 19.2 Å². The molecule has 150 valence electrons. The van der Waals surface area contributed by atoms with Crippen molar-refractivity contribution in [1.82, 2.24) is 10.2 Å². The first-order valence-electron chi connectivity index (χ1n) is 9.11. The Morgan fingerprint density at radius 2 is 1.76 bits per heavy atom. The molecular formula is C21H21N3O5. The first kappa shape index (κ1) is 20.1. The Morgan fingerprint density at radius 1 is 1.07 bits per heavy atom. The van der Waals surface area contributed by atoms with Gasteiger partial charge in [0.25, 0.3) is 11.8 Å². The molecule has 1 fully saturated rings. The van der Waals surface area contributed by atoms with E-state index in [2.05, 4.69) is 15.4 Å². The van der Waals surface area contributed by atoms with E-state index < -0.39 is 12.0 Å². The number of nitrogens with one attached hydrogen (secondary N) is 2. The Labute approximate surface area is 167 Å². The van der Waals surface area contributed by atoms with Crippen molar-refractivity contribution in [3.63, 3.8) is 0 Å². The van der Waals surface area contributed by atoms with E-state index in [1.807, 2.05) is 6.07 Å². The van der Waals surface area contributed by atoms with Crippen molar-refractivity contribution in [3.8, 4) is 0 Å². The predicted octanol–water partition coefficient (Wildman–Crippen LogP) is 1.44. The number of hydrogen-bond donors (Lipinski definition) is 2. The van der Waals surface area contributed by atoms with Gasteiger partial charge >= 0.3 is 5.97 Å². The number of piperazine rings is 1. The van der Waals surface area contributed by atoms with E-state index in [1.165, 1.54) is 12.0 Å². The van der Waals surface area contributed by atoms with Gasteiger partial charge in [-0.1, -0.05) is 18.2 Å². The van der Waals surface area contributed by atoms with Gasteiger partial charge in [0.1, 0.15) is 6.04 Å². The predicted molar refractivity (Wildman–Crippen MR) is 105 cm³/mol. The third-order valence-electron chi connectivity index (χ3n) is 4.61. The van der Waals surface area contributed by atoms with Gasteiger partial charge in [-0.25, -0.2) is 0 Å². The number of anilines is 1. The molecule has 2 aromatic rings. The first-order chi connectivity index (χ1) is 14.0. The van der Waals surface area contributed by atoms with Gasteiger partial charge in [-0.2, -0.15) is 0 Å². The average molecular weight is 395 g/mol. The van der Waals surface area contributed by atoms with Crippen LogP contribution in [-0.4, -0.2) is 54.8 Å². The number of carbonyl (C=O) groups excluding carboxylic acids is 4. The fraction of sp³-hybridized carbons (Fsp3) is 0.238. The third-order valence-corrected chi connectivity index (χ3v) is 4.61. The normalized spacial score (nSPS) is 16.0. The molecule has 0 bridgehead atoms. The quantitative estimate of drug-likeness (QED) is 0.746. The molecule has 0 aliphatic carbocycles. The van der Waals surface area contributed by atoms with E-state index in [0.717, 1.165) is 0 Å². The van der Waals surface area contributed by atoms with Crippen LogP contribution in [0.15, 0.2) is 54.6 Å². The van der Waals surface area contributed by atoms with Crippen molar-refractivity contribution in [1.29, 1.82) is 0 Å². The Bertz CT molecular complexity index is 912. The van der Waals surface area contributed by atoms with Gasteiger partial charge in [0.2, 0.25) is 5.91 Å². The molecule has 1 aliphatic heterocycles. The highest BCUT2D eigenvalue weighted by molar-refractivity contribution is 6.04. The summed E-state index contributed by atoms with van der Waals surface area (Å²) in [4.78, 5) is 50.2. The summed E-state index contributed by atoms with van der Waals surface area (Å²) in [6.45, 7) is 0.603. The molecule has 8 nitrogen and oxygen atoms in total. The molecule has 3 amide bonds. The molecule has 1 saturated heterocycles. The zero-order valence-corrected chi connectivity index (χ0v) is 15.9. The number of ether oxygens (including phenoxy) is 1.